The summed E-state index contributed by atoms with van der Waals surface area (Å²) in [6.45, 7) is 2.39. The number of aromatic nitrogens is 1. The summed E-state index contributed by atoms with van der Waals surface area (Å²) >= 11 is 5.88. The molecule has 7 heteroatoms. The second-order valence-electron chi connectivity index (χ2n) is 6.64. The van der Waals surface area contributed by atoms with Crippen molar-refractivity contribution in [1.29, 1.82) is 0 Å². The molecule has 0 atom stereocenters. The standard InChI is InChI=1S/C23H21ClN2O4/c1-2-3-14-30-23(29)16-6-10-18(11-7-16)25-21(27)19-12-13-20(26-22(19)28)15-4-8-17(24)9-5-15/h4-13H,2-3,14H2,1H3,(H,25,27)(H,26,28). The molecule has 0 saturated heterocycles. The zero-order chi connectivity index (χ0) is 21.5. The maximum atomic E-state index is 12.5. The first-order valence-corrected chi connectivity index (χ1v) is 9.93. The number of H-pyrrole nitrogens is 1. The lowest BCUT2D eigenvalue weighted by atomic mass is 10.1. The Hall–Kier alpha value is -3.38. The second kappa shape index (κ2) is 9.89. The van der Waals surface area contributed by atoms with E-state index in [4.69, 9.17) is 16.3 Å². The minimum atomic E-state index is -0.544. The molecule has 1 aromatic heterocycles. The molecule has 0 aliphatic heterocycles. The van der Waals surface area contributed by atoms with Crippen LogP contribution in [0.5, 0.6) is 0 Å². The van der Waals surface area contributed by atoms with Gasteiger partial charge in [-0.1, -0.05) is 37.1 Å². The Kier molecular flexibility index (Phi) is 7.03. The number of ether oxygens (including phenoxy) is 1. The van der Waals surface area contributed by atoms with Crippen LogP contribution >= 0.6 is 11.6 Å². The lowest BCUT2D eigenvalue weighted by Gasteiger charge is -2.08. The van der Waals surface area contributed by atoms with Gasteiger partial charge in [0.05, 0.1) is 12.2 Å². The number of amides is 1. The zero-order valence-corrected chi connectivity index (χ0v) is 17.2. The number of unbranched alkanes of at least 4 members (excludes halogenated alkanes) is 1. The fourth-order valence-electron chi connectivity index (χ4n) is 2.73. The number of carbonyl (C=O) groups excluding carboxylic acids is 2. The quantitative estimate of drug-likeness (QED) is 0.417. The normalized spacial score (nSPS) is 10.5. The summed E-state index contributed by atoms with van der Waals surface area (Å²) in [5, 5.41) is 3.25. The van der Waals surface area contributed by atoms with Crippen molar-refractivity contribution in [3.05, 3.63) is 87.2 Å². The lowest BCUT2D eigenvalue weighted by molar-refractivity contribution is 0.0499. The van der Waals surface area contributed by atoms with Gasteiger partial charge in [0.2, 0.25) is 0 Å². The van der Waals surface area contributed by atoms with Crippen molar-refractivity contribution in [2.24, 2.45) is 0 Å². The van der Waals surface area contributed by atoms with E-state index in [1.54, 1.807) is 54.6 Å². The molecule has 3 aromatic rings. The van der Waals surface area contributed by atoms with Crippen LogP contribution in [-0.2, 0) is 4.74 Å². The molecule has 0 radical (unpaired) electrons. The fourth-order valence-corrected chi connectivity index (χ4v) is 2.86. The third kappa shape index (κ3) is 5.36. The molecule has 0 aliphatic carbocycles. The second-order valence-corrected chi connectivity index (χ2v) is 7.08. The number of rotatable bonds is 7. The Morgan fingerprint density at radius 2 is 1.70 bits per heavy atom. The number of benzene rings is 2. The smallest absolute Gasteiger partial charge is 0.338 e. The molecule has 1 amide bonds. The number of anilines is 1. The molecule has 0 bridgehead atoms. The van der Waals surface area contributed by atoms with Gasteiger partial charge in [-0.25, -0.2) is 4.79 Å². The van der Waals surface area contributed by atoms with E-state index < -0.39 is 17.4 Å². The SMILES string of the molecule is CCCCOC(=O)c1ccc(NC(=O)c2ccc(-c3ccc(Cl)cc3)[nH]c2=O)cc1. The van der Waals surface area contributed by atoms with Gasteiger partial charge in [-0.2, -0.15) is 0 Å². The number of esters is 1. The van der Waals surface area contributed by atoms with E-state index in [9.17, 15) is 14.4 Å². The topological polar surface area (TPSA) is 88.3 Å². The van der Waals surface area contributed by atoms with Crippen LogP contribution in [0.1, 0.15) is 40.5 Å². The van der Waals surface area contributed by atoms with E-state index in [1.165, 1.54) is 6.07 Å². The molecule has 2 N–H and O–H groups in total. The number of hydrogen-bond acceptors (Lipinski definition) is 4. The fraction of sp³-hybridized carbons (Fsp3) is 0.174. The highest BCUT2D eigenvalue weighted by atomic mass is 35.5. The van der Waals surface area contributed by atoms with Crippen LogP contribution in [-0.4, -0.2) is 23.5 Å². The molecule has 2 aromatic carbocycles. The predicted molar refractivity (Wildman–Crippen MR) is 117 cm³/mol. The van der Waals surface area contributed by atoms with Gasteiger partial charge in [0, 0.05) is 16.4 Å². The predicted octanol–water partition coefficient (Wildman–Crippen LogP) is 4.90. The van der Waals surface area contributed by atoms with Crippen LogP contribution in [0.4, 0.5) is 5.69 Å². The summed E-state index contributed by atoms with van der Waals surface area (Å²) in [6, 6.07) is 16.4. The van der Waals surface area contributed by atoms with Gasteiger partial charge in [0.1, 0.15) is 5.56 Å². The zero-order valence-electron chi connectivity index (χ0n) is 16.4. The molecule has 0 spiro atoms. The largest absolute Gasteiger partial charge is 0.462 e. The number of carbonyl (C=O) groups is 2. The highest BCUT2D eigenvalue weighted by Gasteiger charge is 2.13. The first-order chi connectivity index (χ1) is 14.5. The summed E-state index contributed by atoms with van der Waals surface area (Å²) in [4.78, 5) is 39.5. The van der Waals surface area contributed by atoms with Crippen molar-refractivity contribution in [3.8, 4) is 11.3 Å². The third-order valence-electron chi connectivity index (χ3n) is 4.42. The Bertz CT molecular complexity index is 1090. The molecule has 3 rings (SSSR count). The summed E-state index contributed by atoms with van der Waals surface area (Å²) < 4.78 is 5.15. The Balaban J connectivity index is 1.67. The van der Waals surface area contributed by atoms with Crippen LogP contribution in [0.2, 0.25) is 5.02 Å². The van der Waals surface area contributed by atoms with Crippen molar-refractivity contribution >= 4 is 29.2 Å². The summed E-state index contributed by atoms with van der Waals surface area (Å²) in [5.74, 6) is -0.951. The number of hydrogen-bond donors (Lipinski definition) is 2. The molecule has 154 valence electrons. The van der Waals surface area contributed by atoms with Crippen molar-refractivity contribution in [3.63, 3.8) is 0 Å². The van der Waals surface area contributed by atoms with Crippen LogP contribution in [0.3, 0.4) is 0 Å². The van der Waals surface area contributed by atoms with Gasteiger partial charge in [-0.3, -0.25) is 9.59 Å². The Morgan fingerprint density at radius 3 is 2.33 bits per heavy atom. The minimum absolute atomic E-state index is 0.0178. The Labute approximate surface area is 178 Å². The molecule has 0 aliphatic rings. The van der Waals surface area contributed by atoms with Crippen molar-refractivity contribution < 1.29 is 14.3 Å². The first kappa shape index (κ1) is 21.3. The lowest BCUT2D eigenvalue weighted by Crippen LogP contribution is -2.23. The summed E-state index contributed by atoms with van der Waals surface area (Å²) in [5.41, 5.74) is 1.71. The summed E-state index contributed by atoms with van der Waals surface area (Å²) in [6.07, 6.45) is 1.75. The van der Waals surface area contributed by atoms with Gasteiger partial charge in [0.15, 0.2) is 0 Å². The van der Waals surface area contributed by atoms with E-state index >= 15 is 0 Å². The number of aromatic amines is 1. The average molecular weight is 425 g/mol. The number of pyridine rings is 1. The van der Waals surface area contributed by atoms with Crippen molar-refractivity contribution in [1.82, 2.24) is 4.98 Å². The van der Waals surface area contributed by atoms with E-state index in [-0.39, 0.29) is 5.56 Å². The van der Waals surface area contributed by atoms with Gasteiger partial charge in [0.25, 0.3) is 11.5 Å². The highest BCUT2D eigenvalue weighted by molar-refractivity contribution is 6.30. The van der Waals surface area contributed by atoms with Crippen LogP contribution in [0, 0.1) is 0 Å². The molecule has 30 heavy (non-hydrogen) atoms. The van der Waals surface area contributed by atoms with Gasteiger partial charge in [-0.05, 0) is 60.5 Å². The van der Waals surface area contributed by atoms with Crippen LogP contribution in [0.15, 0.2) is 65.5 Å². The number of nitrogens with one attached hydrogen (secondary N) is 2. The summed E-state index contributed by atoms with van der Waals surface area (Å²) in [7, 11) is 0. The van der Waals surface area contributed by atoms with Crippen molar-refractivity contribution in [2.75, 3.05) is 11.9 Å². The molecule has 0 saturated carbocycles. The van der Waals surface area contributed by atoms with Gasteiger partial charge in [-0.15, -0.1) is 0 Å². The first-order valence-electron chi connectivity index (χ1n) is 9.55. The van der Waals surface area contributed by atoms with Crippen molar-refractivity contribution in [2.45, 2.75) is 19.8 Å². The minimum Gasteiger partial charge on any atom is -0.462 e. The van der Waals surface area contributed by atoms with Crippen LogP contribution < -0.4 is 10.9 Å². The highest BCUT2D eigenvalue weighted by Crippen LogP contribution is 2.19. The van der Waals surface area contributed by atoms with Crippen LogP contribution in [0.25, 0.3) is 11.3 Å². The van der Waals surface area contributed by atoms with E-state index in [0.29, 0.717) is 28.6 Å². The molecular formula is C23H21ClN2O4. The number of halogens is 1. The maximum Gasteiger partial charge on any atom is 0.338 e. The van der Waals surface area contributed by atoms with Gasteiger partial charge >= 0.3 is 5.97 Å². The van der Waals surface area contributed by atoms with Gasteiger partial charge < -0.3 is 15.0 Å². The van der Waals surface area contributed by atoms with E-state index in [2.05, 4.69) is 10.3 Å². The monoisotopic (exact) mass is 424 g/mol. The maximum absolute atomic E-state index is 12.5. The third-order valence-corrected chi connectivity index (χ3v) is 4.67. The average Bonchev–Trinajstić information content (AvgIpc) is 2.74. The Morgan fingerprint density at radius 1 is 1.00 bits per heavy atom. The molecule has 0 unspecified atom stereocenters. The molecule has 6 nitrogen and oxygen atoms in total. The molecule has 1 heterocycles. The van der Waals surface area contributed by atoms with E-state index in [1.807, 2.05) is 6.92 Å². The molecule has 0 fully saturated rings. The molecular weight excluding hydrogens is 404 g/mol. The van der Waals surface area contributed by atoms with E-state index in [0.717, 1.165) is 18.4 Å².